The van der Waals surface area contributed by atoms with Crippen LogP contribution in [0.25, 0.3) is 10.8 Å². The highest BCUT2D eigenvalue weighted by Gasteiger charge is 2.20. The highest BCUT2D eigenvalue weighted by molar-refractivity contribution is 14.1. The fourth-order valence-corrected chi connectivity index (χ4v) is 3.29. The standard InChI is InChI=1S/C20H17IN2O2/c21-17-8-4-3-7-15(17)12-18(19(22)24)23-20(25)16-10-9-13-5-1-2-6-14(13)11-16/h1-11,18H,12H2,(H2,22,24)(H,23,25)/t18-/m1/s1. The number of hydrogen-bond donors (Lipinski definition) is 2. The molecule has 0 fully saturated rings. The van der Waals surface area contributed by atoms with Gasteiger partial charge in [-0.2, -0.15) is 0 Å². The Kier molecular flexibility index (Phi) is 5.33. The van der Waals surface area contributed by atoms with Gasteiger partial charge in [0.1, 0.15) is 6.04 Å². The summed E-state index contributed by atoms with van der Waals surface area (Å²) in [6, 6.07) is 20.2. The van der Waals surface area contributed by atoms with E-state index in [-0.39, 0.29) is 5.91 Å². The highest BCUT2D eigenvalue weighted by atomic mass is 127. The van der Waals surface area contributed by atoms with Crippen molar-refractivity contribution < 1.29 is 9.59 Å². The molecule has 0 saturated heterocycles. The number of carbonyl (C=O) groups excluding carboxylic acids is 2. The van der Waals surface area contributed by atoms with Crippen LogP contribution in [0.4, 0.5) is 0 Å². The van der Waals surface area contributed by atoms with E-state index in [1.54, 1.807) is 6.07 Å². The average molecular weight is 444 g/mol. The number of amides is 2. The Labute approximate surface area is 159 Å². The van der Waals surface area contributed by atoms with Gasteiger partial charge in [-0.15, -0.1) is 0 Å². The predicted octanol–water partition coefficient (Wildman–Crippen LogP) is 3.27. The summed E-state index contributed by atoms with van der Waals surface area (Å²) >= 11 is 2.21. The van der Waals surface area contributed by atoms with Gasteiger partial charge in [0.2, 0.25) is 5.91 Å². The minimum absolute atomic E-state index is 0.305. The van der Waals surface area contributed by atoms with Gasteiger partial charge < -0.3 is 11.1 Å². The van der Waals surface area contributed by atoms with Crippen LogP contribution >= 0.6 is 22.6 Å². The summed E-state index contributed by atoms with van der Waals surface area (Å²) in [5.41, 5.74) is 6.98. The number of hydrogen-bond acceptors (Lipinski definition) is 2. The van der Waals surface area contributed by atoms with Crippen molar-refractivity contribution in [1.82, 2.24) is 5.32 Å². The number of halogens is 1. The first kappa shape index (κ1) is 17.4. The number of carbonyl (C=O) groups is 2. The second-order valence-corrected chi connectivity index (χ2v) is 6.95. The monoisotopic (exact) mass is 444 g/mol. The molecule has 0 saturated carbocycles. The Morgan fingerprint density at radius 2 is 1.64 bits per heavy atom. The van der Waals surface area contributed by atoms with Crippen LogP contribution in [0.1, 0.15) is 15.9 Å². The quantitative estimate of drug-likeness (QED) is 0.593. The van der Waals surface area contributed by atoms with Crippen molar-refractivity contribution in [3.8, 4) is 0 Å². The van der Waals surface area contributed by atoms with Crippen molar-refractivity contribution in [3.63, 3.8) is 0 Å². The Balaban J connectivity index is 1.80. The fraction of sp³-hybridized carbons (Fsp3) is 0.100. The average Bonchev–Trinajstić information content (AvgIpc) is 2.62. The third-order valence-electron chi connectivity index (χ3n) is 4.04. The highest BCUT2D eigenvalue weighted by Crippen LogP contribution is 2.17. The molecular formula is C20H17IN2O2. The molecule has 2 amide bonds. The van der Waals surface area contributed by atoms with Crippen LogP contribution in [0.3, 0.4) is 0 Å². The maximum atomic E-state index is 12.6. The number of rotatable bonds is 5. The van der Waals surface area contributed by atoms with E-state index in [1.807, 2.05) is 60.7 Å². The van der Waals surface area contributed by atoms with Crippen LogP contribution in [0.5, 0.6) is 0 Å². The van der Waals surface area contributed by atoms with Crippen LogP contribution < -0.4 is 11.1 Å². The summed E-state index contributed by atoms with van der Waals surface area (Å²) in [6.07, 6.45) is 0.369. The maximum Gasteiger partial charge on any atom is 0.251 e. The van der Waals surface area contributed by atoms with Crippen molar-refractivity contribution in [2.45, 2.75) is 12.5 Å². The summed E-state index contributed by atoms with van der Waals surface area (Å²) in [4.78, 5) is 24.4. The Bertz CT molecular complexity index is 940. The van der Waals surface area contributed by atoms with E-state index in [1.165, 1.54) is 0 Å². The lowest BCUT2D eigenvalue weighted by molar-refractivity contribution is -0.119. The zero-order chi connectivity index (χ0) is 17.8. The molecule has 1 atom stereocenters. The van der Waals surface area contributed by atoms with E-state index in [4.69, 9.17) is 5.73 Å². The van der Waals surface area contributed by atoms with Crippen LogP contribution in [-0.2, 0) is 11.2 Å². The van der Waals surface area contributed by atoms with Crippen molar-refractivity contribution in [1.29, 1.82) is 0 Å². The number of benzene rings is 3. The molecular weight excluding hydrogens is 427 g/mol. The molecule has 0 aliphatic heterocycles. The fourth-order valence-electron chi connectivity index (χ4n) is 2.68. The van der Waals surface area contributed by atoms with Crippen molar-refractivity contribution in [3.05, 3.63) is 81.4 Å². The second-order valence-electron chi connectivity index (χ2n) is 5.79. The van der Waals surface area contributed by atoms with Gasteiger partial charge in [0.25, 0.3) is 5.91 Å². The zero-order valence-corrected chi connectivity index (χ0v) is 15.6. The number of nitrogens with two attached hydrogens (primary N) is 1. The number of nitrogens with one attached hydrogen (secondary N) is 1. The van der Waals surface area contributed by atoms with Crippen LogP contribution in [0, 0.1) is 3.57 Å². The first-order valence-electron chi connectivity index (χ1n) is 7.87. The lowest BCUT2D eigenvalue weighted by atomic mass is 10.0. The van der Waals surface area contributed by atoms with E-state index in [0.717, 1.165) is 19.9 Å². The molecule has 0 aliphatic carbocycles. The van der Waals surface area contributed by atoms with E-state index in [2.05, 4.69) is 27.9 Å². The van der Waals surface area contributed by atoms with Crippen molar-refractivity contribution >= 4 is 45.2 Å². The van der Waals surface area contributed by atoms with E-state index in [9.17, 15) is 9.59 Å². The molecule has 0 aliphatic rings. The van der Waals surface area contributed by atoms with Gasteiger partial charge in [-0.3, -0.25) is 9.59 Å². The smallest absolute Gasteiger partial charge is 0.251 e. The normalized spacial score (nSPS) is 11.9. The summed E-state index contributed by atoms with van der Waals surface area (Å²) in [6.45, 7) is 0. The topological polar surface area (TPSA) is 72.2 Å². The minimum atomic E-state index is -0.755. The molecule has 3 aromatic rings. The minimum Gasteiger partial charge on any atom is -0.368 e. The molecule has 5 heteroatoms. The molecule has 3 N–H and O–H groups in total. The first-order valence-corrected chi connectivity index (χ1v) is 8.95. The molecule has 0 aromatic heterocycles. The van der Waals surface area contributed by atoms with Crippen molar-refractivity contribution in [2.24, 2.45) is 5.73 Å². The molecule has 0 radical (unpaired) electrons. The summed E-state index contributed by atoms with van der Waals surface area (Å²) in [5, 5.41) is 4.79. The molecule has 3 rings (SSSR count). The van der Waals surface area contributed by atoms with Gasteiger partial charge in [0.15, 0.2) is 0 Å². The van der Waals surface area contributed by atoms with Crippen LogP contribution in [0.15, 0.2) is 66.7 Å². The second kappa shape index (κ2) is 7.65. The molecule has 0 heterocycles. The SMILES string of the molecule is NC(=O)[C@@H](Cc1ccccc1I)NC(=O)c1ccc2ccccc2c1. The van der Waals surface area contributed by atoms with Gasteiger partial charge in [-0.1, -0.05) is 48.5 Å². The lowest BCUT2D eigenvalue weighted by Crippen LogP contribution is -2.46. The summed E-state index contributed by atoms with van der Waals surface area (Å²) in [5.74, 6) is -0.853. The third-order valence-corrected chi connectivity index (χ3v) is 5.09. The Morgan fingerprint density at radius 3 is 2.36 bits per heavy atom. The molecule has 0 spiro atoms. The maximum absolute atomic E-state index is 12.6. The summed E-state index contributed by atoms with van der Waals surface area (Å²) < 4.78 is 1.03. The number of fused-ring (bicyclic) bond motifs is 1. The Morgan fingerprint density at radius 1 is 0.960 bits per heavy atom. The summed E-state index contributed by atoms with van der Waals surface area (Å²) in [7, 11) is 0. The molecule has 0 bridgehead atoms. The lowest BCUT2D eigenvalue weighted by Gasteiger charge is -2.16. The molecule has 25 heavy (non-hydrogen) atoms. The van der Waals surface area contributed by atoms with Gasteiger partial charge in [-0.05, 0) is 57.1 Å². The predicted molar refractivity (Wildman–Crippen MR) is 107 cm³/mol. The van der Waals surface area contributed by atoms with Gasteiger partial charge in [0.05, 0.1) is 0 Å². The van der Waals surface area contributed by atoms with E-state index in [0.29, 0.717) is 12.0 Å². The molecule has 4 nitrogen and oxygen atoms in total. The van der Waals surface area contributed by atoms with E-state index < -0.39 is 11.9 Å². The van der Waals surface area contributed by atoms with Crippen molar-refractivity contribution in [2.75, 3.05) is 0 Å². The zero-order valence-electron chi connectivity index (χ0n) is 13.4. The van der Waals surface area contributed by atoms with Crippen LogP contribution in [0.2, 0.25) is 0 Å². The van der Waals surface area contributed by atoms with E-state index >= 15 is 0 Å². The number of primary amides is 1. The van der Waals surface area contributed by atoms with Gasteiger partial charge in [0, 0.05) is 15.6 Å². The largest absolute Gasteiger partial charge is 0.368 e. The van der Waals surface area contributed by atoms with Gasteiger partial charge in [-0.25, -0.2) is 0 Å². The molecule has 126 valence electrons. The van der Waals surface area contributed by atoms with Crippen LogP contribution in [-0.4, -0.2) is 17.9 Å². The first-order chi connectivity index (χ1) is 12.0. The third kappa shape index (κ3) is 4.17. The molecule has 3 aromatic carbocycles. The molecule has 0 unspecified atom stereocenters. The van der Waals surface area contributed by atoms with Gasteiger partial charge >= 0.3 is 0 Å². The Hall–Kier alpha value is -2.41.